The molecule has 0 bridgehead atoms. The minimum atomic E-state index is -1.36. The molecular formula is C21H25N5O4. The number of nitrogens with one attached hydrogen (secondary N) is 1. The topological polar surface area (TPSA) is 108 Å². The van der Waals surface area contributed by atoms with E-state index in [4.69, 9.17) is 4.74 Å². The van der Waals surface area contributed by atoms with Gasteiger partial charge in [0.1, 0.15) is 17.5 Å². The molecule has 9 nitrogen and oxygen atoms in total. The number of hydrogen-bond donors (Lipinski definition) is 2. The highest BCUT2D eigenvalue weighted by atomic mass is 16.5. The quantitative estimate of drug-likeness (QED) is 0.727. The Morgan fingerprint density at radius 2 is 1.80 bits per heavy atom. The van der Waals surface area contributed by atoms with Gasteiger partial charge in [-0.25, -0.2) is 0 Å². The third-order valence-corrected chi connectivity index (χ3v) is 5.27. The van der Waals surface area contributed by atoms with Crippen molar-refractivity contribution in [3.05, 3.63) is 42.7 Å². The number of rotatable bonds is 6. The summed E-state index contributed by atoms with van der Waals surface area (Å²) >= 11 is 0. The van der Waals surface area contributed by atoms with Crippen molar-refractivity contribution in [1.29, 1.82) is 0 Å². The van der Waals surface area contributed by atoms with Crippen molar-refractivity contribution in [2.24, 2.45) is 5.92 Å². The van der Waals surface area contributed by atoms with Crippen molar-refractivity contribution in [2.75, 3.05) is 36.4 Å². The van der Waals surface area contributed by atoms with Gasteiger partial charge < -0.3 is 25.0 Å². The predicted octanol–water partition coefficient (Wildman–Crippen LogP) is 0.912. The van der Waals surface area contributed by atoms with Crippen LogP contribution in [-0.2, 0) is 9.59 Å². The van der Waals surface area contributed by atoms with Crippen molar-refractivity contribution in [1.82, 2.24) is 15.1 Å². The fraction of sp³-hybridized carbons (Fsp3) is 0.429. The molecule has 2 saturated heterocycles. The summed E-state index contributed by atoms with van der Waals surface area (Å²) in [7, 11) is 0. The van der Waals surface area contributed by atoms with Crippen LogP contribution in [0.25, 0.3) is 0 Å². The van der Waals surface area contributed by atoms with Gasteiger partial charge in [0.15, 0.2) is 0 Å². The lowest BCUT2D eigenvalue weighted by molar-refractivity contribution is -0.156. The molecule has 3 heterocycles. The van der Waals surface area contributed by atoms with Crippen LogP contribution < -0.4 is 15.0 Å². The molecule has 2 fully saturated rings. The molecule has 1 aromatic carbocycles. The number of aliphatic hydroxyl groups is 1. The molecular weight excluding hydrogens is 386 g/mol. The molecule has 2 N–H and O–H groups in total. The van der Waals surface area contributed by atoms with Crippen LogP contribution in [0.1, 0.15) is 13.8 Å². The second-order valence-corrected chi connectivity index (χ2v) is 8.23. The summed E-state index contributed by atoms with van der Waals surface area (Å²) in [5.41, 5.74) is 0.315. The molecule has 0 unspecified atom stereocenters. The minimum Gasteiger partial charge on any atom is -0.487 e. The summed E-state index contributed by atoms with van der Waals surface area (Å²) in [5.74, 6) is 0.300. The SMILES string of the molecule is CC(C)(O)C(=O)N1CC(Oc2ccc(NC(=O)C3CN(c4ccnnc4)C3)cc2)C1. The van der Waals surface area contributed by atoms with Gasteiger partial charge >= 0.3 is 0 Å². The molecule has 2 aromatic rings. The van der Waals surface area contributed by atoms with E-state index in [1.165, 1.54) is 13.8 Å². The van der Waals surface area contributed by atoms with Gasteiger partial charge in [-0.3, -0.25) is 9.59 Å². The Hall–Kier alpha value is -3.20. The number of ether oxygens (including phenoxy) is 1. The number of carbonyl (C=O) groups is 2. The largest absolute Gasteiger partial charge is 0.487 e. The van der Waals surface area contributed by atoms with Crippen molar-refractivity contribution >= 4 is 23.2 Å². The Labute approximate surface area is 174 Å². The molecule has 0 radical (unpaired) electrons. The van der Waals surface area contributed by atoms with Gasteiger partial charge in [-0.2, -0.15) is 10.2 Å². The molecule has 0 spiro atoms. The molecule has 1 aromatic heterocycles. The number of likely N-dealkylation sites (tertiary alicyclic amines) is 1. The fourth-order valence-electron chi connectivity index (χ4n) is 3.45. The van der Waals surface area contributed by atoms with E-state index >= 15 is 0 Å². The molecule has 4 rings (SSSR count). The monoisotopic (exact) mass is 411 g/mol. The molecule has 2 aliphatic rings. The fourth-order valence-corrected chi connectivity index (χ4v) is 3.45. The van der Waals surface area contributed by atoms with E-state index in [0.717, 1.165) is 5.69 Å². The zero-order valence-corrected chi connectivity index (χ0v) is 17.0. The Morgan fingerprint density at radius 1 is 1.10 bits per heavy atom. The number of hydrogen-bond acceptors (Lipinski definition) is 7. The lowest BCUT2D eigenvalue weighted by atomic mass is 9.98. The lowest BCUT2D eigenvalue weighted by Gasteiger charge is -2.41. The predicted molar refractivity (Wildman–Crippen MR) is 110 cm³/mol. The second-order valence-electron chi connectivity index (χ2n) is 8.23. The van der Waals surface area contributed by atoms with Crippen LogP contribution in [0.3, 0.4) is 0 Å². The molecule has 0 aliphatic carbocycles. The van der Waals surface area contributed by atoms with E-state index < -0.39 is 5.60 Å². The van der Waals surface area contributed by atoms with Crippen molar-refractivity contribution in [3.63, 3.8) is 0 Å². The summed E-state index contributed by atoms with van der Waals surface area (Å²) in [4.78, 5) is 28.0. The van der Waals surface area contributed by atoms with Crippen LogP contribution in [0.2, 0.25) is 0 Å². The second kappa shape index (κ2) is 7.91. The molecule has 2 amide bonds. The van der Waals surface area contributed by atoms with E-state index in [1.54, 1.807) is 41.6 Å². The number of amides is 2. The van der Waals surface area contributed by atoms with Crippen LogP contribution in [0.4, 0.5) is 11.4 Å². The number of aromatic nitrogens is 2. The zero-order valence-electron chi connectivity index (χ0n) is 17.0. The summed E-state index contributed by atoms with van der Waals surface area (Å²) in [5, 5.41) is 20.3. The first kappa shape index (κ1) is 20.1. The van der Waals surface area contributed by atoms with Gasteiger partial charge in [0, 0.05) is 18.8 Å². The van der Waals surface area contributed by atoms with Crippen LogP contribution in [-0.4, -0.2) is 69.9 Å². The summed E-state index contributed by atoms with van der Waals surface area (Å²) in [6.45, 7) is 5.17. The van der Waals surface area contributed by atoms with Crippen molar-refractivity contribution < 1.29 is 19.4 Å². The van der Waals surface area contributed by atoms with Crippen molar-refractivity contribution in [2.45, 2.75) is 25.6 Å². The van der Waals surface area contributed by atoms with Gasteiger partial charge in [0.25, 0.3) is 5.91 Å². The van der Waals surface area contributed by atoms with Gasteiger partial charge in [-0.15, -0.1) is 0 Å². The van der Waals surface area contributed by atoms with Gasteiger partial charge in [0.05, 0.1) is 37.1 Å². The maximum absolute atomic E-state index is 12.4. The molecule has 0 saturated carbocycles. The van der Waals surface area contributed by atoms with Crippen molar-refractivity contribution in [3.8, 4) is 5.75 Å². The Balaban J connectivity index is 1.21. The average molecular weight is 411 g/mol. The Morgan fingerprint density at radius 3 is 2.40 bits per heavy atom. The molecule has 158 valence electrons. The maximum atomic E-state index is 12.4. The summed E-state index contributed by atoms with van der Waals surface area (Å²) < 4.78 is 5.84. The first-order chi connectivity index (χ1) is 14.3. The highest BCUT2D eigenvalue weighted by Crippen LogP contribution is 2.26. The van der Waals surface area contributed by atoms with E-state index in [0.29, 0.717) is 37.6 Å². The van der Waals surface area contributed by atoms with Crippen LogP contribution >= 0.6 is 0 Å². The zero-order chi connectivity index (χ0) is 21.3. The minimum absolute atomic E-state index is 0.0123. The Bertz CT molecular complexity index is 901. The number of benzene rings is 1. The van der Waals surface area contributed by atoms with E-state index in [1.807, 2.05) is 6.07 Å². The molecule has 30 heavy (non-hydrogen) atoms. The van der Waals surface area contributed by atoms with Crippen LogP contribution in [0.15, 0.2) is 42.7 Å². The highest BCUT2D eigenvalue weighted by molar-refractivity contribution is 5.94. The number of anilines is 2. The van der Waals surface area contributed by atoms with Crippen LogP contribution in [0.5, 0.6) is 5.75 Å². The van der Waals surface area contributed by atoms with Gasteiger partial charge in [-0.1, -0.05) is 0 Å². The first-order valence-corrected chi connectivity index (χ1v) is 9.90. The first-order valence-electron chi connectivity index (χ1n) is 9.90. The van der Waals surface area contributed by atoms with E-state index in [9.17, 15) is 14.7 Å². The Kier molecular flexibility index (Phi) is 5.29. The van der Waals surface area contributed by atoms with Crippen LogP contribution in [0, 0.1) is 5.92 Å². The van der Waals surface area contributed by atoms with E-state index in [2.05, 4.69) is 20.4 Å². The third-order valence-electron chi connectivity index (χ3n) is 5.27. The standard InChI is InChI=1S/C21H25N5O4/c1-21(2,29)20(28)26-12-18(13-26)30-17-5-3-15(4-6-17)24-19(27)14-10-25(11-14)16-7-8-22-23-9-16/h3-9,14,18,29H,10-13H2,1-2H3,(H,24,27). The van der Waals surface area contributed by atoms with E-state index in [-0.39, 0.29) is 23.8 Å². The molecule has 0 atom stereocenters. The number of nitrogens with zero attached hydrogens (tertiary/aromatic N) is 4. The van der Waals surface area contributed by atoms with Gasteiger partial charge in [0.2, 0.25) is 5.91 Å². The highest BCUT2D eigenvalue weighted by Gasteiger charge is 2.38. The maximum Gasteiger partial charge on any atom is 0.254 e. The lowest BCUT2D eigenvalue weighted by Crippen LogP contribution is -2.60. The molecule has 9 heteroatoms. The normalized spacial score (nSPS) is 17.2. The third kappa shape index (κ3) is 4.35. The average Bonchev–Trinajstić information content (AvgIpc) is 2.64. The molecule has 2 aliphatic heterocycles. The summed E-state index contributed by atoms with van der Waals surface area (Å²) in [6, 6.07) is 9.07. The summed E-state index contributed by atoms with van der Waals surface area (Å²) in [6.07, 6.45) is 3.23. The number of carbonyl (C=O) groups excluding carboxylic acids is 2. The van der Waals surface area contributed by atoms with Gasteiger partial charge in [-0.05, 0) is 44.2 Å². The smallest absolute Gasteiger partial charge is 0.254 e.